The molecule has 2 atom stereocenters. The summed E-state index contributed by atoms with van der Waals surface area (Å²) < 4.78 is 16.1. The average molecular weight is 258 g/mol. The van der Waals surface area contributed by atoms with E-state index in [2.05, 4.69) is 0 Å². The van der Waals surface area contributed by atoms with Crippen LogP contribution in [0.15, 0.2) is 33.5 Å². The molecule has 0 amide bonds. The van der Waals surface area contributed by atoms with Gasteiger partial charge in [-0.3, -0.25) is 4.79 Å². The van der Waals surface area contributed by atoms with Crippen LogP contribution in [0.3, 0.4) is 0 Å². The van der Waals surface area contributed by atoms with Gasteiger partial charge < -0.3 is 13.9 Å². The van der Waals surface area contributed by atoms with Gasteiger partial charge in [-0.15, -0.1) is 0 Å². The van der Waals surface area contributed by atoms with Gasteiger partial charge in [-0.2, -0.15) is 0 Å². The van der Waals surface area contributed by atoms with E-state index in [1.807, 2.05) is 12.1 Å². The Balaban J connectivity index is 2.09. The van der Waals surface area contributed by atoms with E-state index in [9.17, 15) is 9.59 Å². The summed E-state index contributed by atoms with van der Waals surface area (Å²) in [7, 11) is 0. The zero-order chi connectivity index (χ0) is 13.2. The van der Waals surface area contributed by atoms with Gasteiger partial charge in [0.15, 0.2) is 0 Å². The topological polar surface area (TPSA) is 65.7 Å². The Hall–Kier alpha value is -2.30. The highest BCUT2D eigenvalue weighted by Gasteiger charge is 2.57. The number of hydrogen-bond acceptors (Lipinski definition) is 5. The first-order valence-corrected chi connectivity index (χ1v) is 6.02. The average Bonchev–Trinajstić information content (AvgIpc) is 2.78. The minimum atomic E-state index is -0.753. The Labute approximate surface area is 107 Å². The lowest BCUT2D eigenvalue weighted by Crippen LogP contribution is -2.33. The van der Waals surface area contributed by atoms with Crippen molar-refractivity contribution in [3.8, 4) is 5.75 Å². The van der Waals surface area contributed by atoms with E-state index in [-0.39, 0.29) is 12.4 Å². The summed E-state index contributed by atoms with van der Waals surface area (Å²) in [4.78, 5) is 23.6. The van der Waals surface area contributed by atoms with Crippen LogP contribution in [0.2, 0.25) is 0 Å². The molecular weight excluding hydrogens is 248 g/mol. The van der Waals surface area contributed by atoms with Crippen LogP contribution in [0.4, 0.5) is 0 Å². The van der Waals surface area contributed by atoms with E-state index < -0.39 is 17.3 Å². The van der Waals surface area contributed by atoms with Crippen molar-refractivity contribution in [2.75, 3.05) is 0 Å². The van der Waals surface area contributed by atoms with Crippen LogP contribution in [-0.2, 0) is 14.9 Å². The normalized spacial score (nSPS) is 27.8. The van der Waals surface area contributed by atoms with E-state index in [4.69, 9.17) is 13.9 Å². The highest BCUT2D eigenvalue weighted by Crippen LogP contribution is 2.49. The Morgan fingerprint density at radius 2 is 2.00 bits per heavy atom. The zero-order valence-electron chi connectivity index (χ0n) is 10.1. The van der Waals surface area contributed by atoms with Gasteiger partial charge in [-0.25, -0.2) is 4.79 Å². The van der Waals surface area contributed by atoms with E-state index in [1.165, 1.54) is 0 Å². The Bertz CT molecular complexity index is 775. The van der Waals surface area contributed by atoms with E-state index in [0.29, 0.717) is 16.9 Å². The van der Waals surface area contributed by atoms with Crippen molar-refractivity contribution in [2.45, 2.75) is 25.0 Å². The van der Waals surface area contributed by atoms with Gasteiger partial charge in [0.05, 0.1) is 22.8 Å². The van der Waals surface area contributed by atoms with Crippen LogP contribution in [0.1, 0.15) is 18.9 Å². The standard InChI is InChI=1S/C14H10O5/c1-14-6-9(15)18-13(14)19-11-7-4-2-3-5-8(7)17-12(16)10(11)14/h2-5,13H,6H2,1H3/t13-,14-/m0/s1. The molecule has 0 spiro atoms. The number of para-hydroxylation sites is 1. The predicted octanol–water partition coefficient (Wildman–Crippen LogP) is 1.72. The van der Waals surface area contributed by atoms with E-state index in [0.717, 1.165) is 5.39 Å². The molecule has 2 aliphatic rings. The van der Waals surface area contributed by atoms with Gasteiger partial charge >= 0.3 is 11.6 Å². The van der Waals surface area contributed by atoms with Gasteiger partial charge in [-0.1, -0.05) is 12.1 Å². The summed E-state index contributed by atoms with van der Waals surface area (Å²) in [6, 6.07) is 7.16. The third kappa shape index (κ3) is 1.19. The second-order valence-corrected chi connectivity index (χ2v) is 5.12. The molecule has 4 rings (SSSR count). The smallest absolute Gasteiger partial charge is 0.344 e. The van der Waals surface area contributed by atoms with Crippen molar-refractivity contribution in [3.05, 3.63) is 40.2 Å². The molecule has 1 saturated heterocycles. The number of fused-ring (bicyclic) bond motifs is 5. The number of ether oxygens (including phenoxy) is 2. The maximum Gasteiger partial charge on any atom is 0.344 e. The number of benzene rings is 1. The van der Waals surface area contributed by atoms with E-state index >= 15 is 0 Å². The van der Waals surface area contributed by atoms with Crippen molar-refractivity contribution in [1.29, 1.82) is 0 Å². The lowest BCUT2D eigenvalue weighted by atomic mass is 9.82. The second-order valence-electron chi connectivity index (χ2n) is 5.12. The molecule has 5 nitrogen and oxygen atoms in total. The number of esters is 1. The molecule has 2 aromatic rings. The molecule has 0 N–H and O–H groups in total. The molecule has 96 valence electrons. The van der Waals surface area contributed by atoms with Crippen molar-refractivity contribution >= 4 is 16.9 Å². The van der Waals surface area contributed by atoms with Crippen LogP contribution in [0.5, 0.6) is 5.75 Å². The van der Waals surface area contributed by atoms with Gasteiger partial charge in [0.25, 0.3) is 6.29 Å². The first-order chi connectivity index (χ1) is 9.09. The van der Waals surface area contributed by atoms with Crippen LogP contribution in [-0.4, -0.2) is 12.3 Å². The summed E-state index contributed by atoms with van der Waals surface area (Å²) in [6.45, 7) is 1.79. The molecule has 1 aromatic carbocycles. The van der Waals surface area contributed by atoms with Crippen LogP contribution in [0, 0.1) is 0 Å². The Morgan fingerprint density at radius 1 is 1.21 bits per heavy atom. The molecular formula is C14H10O5. The third-order valence-electron chi connectivity index (χ3n) is 3.83. The minimum Gasteiger partial charge on any atom is -0.452 e. The molecule has 3 heterocycles. The van der Waals surface area contributed by atoms with Crippen LogP contribution in [0.25, 0.3) is 11.0 Å². The number of rotatable bonds is 0. The molecule has 0 saturated carbocycles. The maximum atomic E-state index is 12.2. The fraction of sp³-hybridized carbons (Fsp3) is 0.286. The quantitative estimate of drug-likeness (QED) is 0.531. The molecule has 0 bridgehead atoms. The zero-order valence-corrected chi connectivity index (χ0v) is 10.1. The first kappa shape index (κ1) is 10.6. The number of carbonyl (C=O) groups is 1. The van der Waals surface area contributed by atoms with Crippen molar-refractivity contribution in [3.63, 3.8) is 0 Å². The number of hydrogen-bond donors (Lipinski definition) is 0. The van der Waals surface area contributed by atoms with Crippen LogP contribution >= 0.6 is 0 Å². The maximum absolute atomic E-state index is 12.2. The van der Waals surface area contributed by atoms with Gasteiger partial charge in [0.1, 0.15) is 11.3 Å². The van der Waals surface area contributed by atoms with Gasteiger partial charge in [0, 0.05) is 0 Å². The molecule has 1 aromatic heterocycles. The monoisotopic (exact) mass is 258 g/mol. The lowest BCUT2D eigenvalue weighted by Gasteiger charge is -2.16. The number of carbonyl (C=O) groups excluding carboxylic acids is 1. The highest BCUT2D eigenvalue weighted by molar-refractivity contribution is 5.87. The lowest BCUT2D eigenvalue weighted by molar-refractivity contribution is -0.151. The third-order valence-corrected chi connectivity index (χ3v) is 3.83. The highest BCUT2D eigenvalue weighted by atomic mass is 16.7. The summed E-state index contributed by atoms with van der Waals surface area (Å²) in [5.74, 6) is 0.123. The molecule has 19 heavy (non-hydrogen) atoms. The molecule has 0 unspecified atom stereocenters. The summed E-state index contributed by atoms with van der Waals surface area (Å²) in [5.41, 5.74) is -0.336. The van der Waals surface area contributed by atoms with E-state index in [1.54, 1.807) is 19.1 Å². The fourth-order valence-corrected chi connectivity index (χ4v) is 2.88. The van der Waals surface area contributed by atoms with Crippen LogP contribution < -0.4 is 10.4 Å². The van der Waals surface area contributed by atoms with Gasteiger partial charge in [-0.05, 0) is 19.1 Å². The molecule has 2 aliphatic heterocycles. The minimum absolute atomic E-state index is 0.133. The van der Waals surface area contributed by atoms with Crippen molar-refractivity contribution in [1.82, 2.24) is 0 Å². The summed E-state index contributed by atoms with van der Waals surface area (Å²) in [5, 5.41) is 0.726. The fourth-order valence-electron chi connectivity index (χ4n) is 2.88. The largest absolute Gasteiger partial charge is 0.452 e. The predicted molar refractivity (Wildman–Crippen MR) is 65.0 cm³/mol. The molecule has 5 heteroatoms. The SMILES string of the molecule is C[C@@]12CC(=O)O[C@H]1Oc1c2c(=O)oc2ccccc12. The summed E-state index contributed by atoms with van der Waals surface area (Å²) in [6.07, 6.45) is -0.600. The second kappa shape index (κ2) is 3.17. The first-order valence-electron chi connectivity index (χ1n) is 6.02. The Morgan fingerprint density at radius 3 is 2.84 bits per heavy atom. The Kier molecular flexibility index (Phi) is 1.77. The molecule has 0 aliphatic carbocycles. The molecule has 0 radical (unpaired) electrons. The van der Waals surface area contributed by atoms with Gasteiger partial charge in [0.2, 0.25) is 0 Å². The van der Waals surface area contributed by atoms with Crippen molar-refractivity contribution < 1.29 is 18.7 Å². The van der Waals surface area contributed by atoms with Crippen molar-refractivity contribution in [2.24, 2.45) is 0 Å². The summed E-state index contributed by atoms with van der Waals surface area (Å²) >= 11 is 0. The molecule has 1 fully saturated rings.